The average Bonchev–Trinajstić information content (AvgIpc) is 3.30. The molecule has 0 unspecified atom stereocenters. The molecule has 0 aliphatic carbocycles. The van der Waals surface area contributed by atoms with Crippen molar-refractivity contribution in [2.45, 2.75) is 19.4 Å². The molecule has 6 nitrogen and oxygen atoms in total. The van der Waals surface area contributed by atoms with Crippen LogP contribution in [0.25, 0.3) is 11.0 Å². The van der Waals surface area contributed by atoms with Crippen molar-refractivity contribution in [3.63, 3.8) is 0 Å². The van der Waals surface area contributed by atoms with Gasteiger partial charge in [0.2, 0.25) is 0 Å². The Morgan fingerprint density at radius 2 is 2.04 bits per heavy atom. The number of rotatable bonds is 4. The van der Waals surface area contributed by atoms with Gasteiger partial charge in [0, 0.05) is 31.4 Å². The summed E-state index contributed by atoms with van der Waals surface area (Å²) < 4.78 is 0. The van der Waals surface area contributed by atoms with Gasteiger partial charge in [-0.25, -0.2) is 9.97 Å². The highest BCUT2D eigenvalue weighted by atomic mass is 16.1. The van der Waals surface area contributed by atoms with E-state index >= 15 is 0 Å². The van der Waals surface area contributed by atoms with Crippen LogP contribution in [-0.2, 0) is 6.54 Å². The maximum atomic E-state index is 12.4. The van der Waals surface area contributed by atoms with E-state index in [0.29, 0.717) is 12.1 Å². The molecule has 2 N–H and O–H groups in total. The lowest BCUT2D eigenvalue weighted by atomic mass is 10.2. The number of anilines is 1. The van der Waals surface area contributed by atoms with Crippen LogP contribution in [0.4, 0.5) is 5.82 Å². The molecule has 4 rings (SSSR count). The van der Waals surface area contributed by atoms with Gasteiger partial charge < -0.3 is 15.2 Å². The summed E-state index contributed by atoms with van der Waals surface area (Å²) in [6.07, 6.45) is 5.88. The van der Waals surface area contributed by atoms with E-state index in [4.69, 9.17) is 0 Å². The van der Waals surface area contributed by atoms with Gasteiger partial charge in [-0.2, -0.15) is 0 Å². The molecule has 0 saturated carbocycles. The molecule has 0 bridgehead atoms. The number of pyridine rings is 1. The first-order valence-corrected chi connectivity index (χ1v) is 8.21. The van der Waals surface area contributed by atoms with E-state index in [1.54, 1.807) is 12.4 Å². The number of benzene rings is 1. The average molecular weight is 321 g/mol. The summed E-state index contributed by atoms with van der Waals surface area (Å²) in [5.41, 5.74) is 3.40. The Balaban J connectivity index is 1.44. The number of hydrogen-bond acceptors (Lipinski definition) is 4. The van der Waals surface area contributed by atoms with Gasteiger partial charge in [-0.3, -0.25) is 4.79 Å². The number of aromatic nitrogens is 3. The quantitative estimate of drug-likeness (QED) is 0.774. The Morgan fingerprint density at radius 3 is 2.92 bits per heavy atom. The fourth-order valence-electron chi connectivity index (χ4n) is 3.05. The van der Waals surface area contributed by atoms with Crippen molar-refractivity contribution in [3.8, 4) is 0 Å². The molecule has 1 saturated heterocycles. The zero-order valence-electron chi connectivity index (χ0n) is 13.3. The maximum absolute atomic E-state index is 12.4. The Morgan fingerprint density at radius 1 is 1.17 bits per heavy atom. The van der Waals surface area contributed by atoms with E-state index < -0.39 is 0 Å². The number of imidazole rings is 1. The molecule has 0 atom stereocenters. The molecule has 1 aromatic carbocycles. The summed E-state index contributed by atoms with van der Waals surface area (Å²) >= 11 is 0. The van der Waals surface area contributed by atoms with Crippen molar-refractivity contribution in [3.05, 3.63) is 54.0 Å². The third kappa shape index (κ3) is 2.95. The van der Waals surface area contributed by atoms with Crippen molar-refractivity contribution in [2.24, 2.45) is 0 Å². The summed E-state index contributed by atoms with van der Waals surface area (Å²) in [6, 6.07) is 9.46. The smallest absolute Gasteiger partial charge is 0.251 e. The minimum Gasteiger partial charge on any atom is -0.357 e. The molecule has 0 spiro atoms. The van der Waals surface area contributed by atoms with Gasteiger partial charge in [-0.05, 0) is 48.7 Å². The minimum absolute atomic E-state index is 0.0916. The van der Waals surface area contributed by atoms with Crippen molar-refractivity contribution in [1.82, 2.24) is 20.3 Å². The van der Waals surface area contributed by atoms with Crippen molar-refractivity contribution in [1.29, 1.82) is 0 Å². The van der Waals surface area contributed by atoms with Crippen LogP contribution in [0.2, 0.25) is 0 Å². The molecule has 1 amide bonds. The Kier molecular flexibility index (Phi) is 3.86. The fraction of sp³-hybridized carbons (Fsp3) is 0.278. The van der Waals surface area contributed by atoms with Crippen molar-refractivity contribution < 1.29 is 4.79 Å². The molecule has 6 heteroatoms. The summed E-state index contributed by atoms with van der Waals surface area (Å²) in [7, 11) is 0. The lowest BCUT2D eigenvalue weighted by molar-refractivity contribution is 0.0951. The molecule has 3 heterocycles. The van der Waals surface area contributed by atoms with Gasteiger partial charge in [0.05, 0.1) is 17.4 Å². The number of amides is 1. The van der Waals surface area contributed by atoms with E-state index in [0.717, 1.165) is 35.5 Å². The molecule has 122 valence electrons. The number of nitrogens with zero attached hydrogens (tertiary/aromatic N) is 3. The van der Waals surface area contributed by atoms with Crippen LogP contribution in [0.15, 0.2) is 42.9 Å². The number of carbonyl (C=O) groups is 1. The van der Waals surface area contributed by atoms with Gasteiger partial charge in [-0.15, -0.1) is 0 Å². The maximum Gasteiger partial charge on any atom is 0.251 e. The zero-order valence-corrected chi connectivity index (χ0v) is 13.3. The van der Waals surface area contributed by atoms with Gasteiger partial charge in [0.15, 0.2) is 0 Å². The van der Waals surface area contributed by atoms with Crippen LogP contribution in [0.1, 0.15) is 28.8 Å². The summed E-state index contributed by atoms with van der Waals surface area (Å²) in [6.45, 7) is 2.61. The topological polar surface area (TPSA) is 73.9 Å². The fourth-order valence-corrected chi connectivity index (χ4v) is 3.05. The van der Waals surface area contributed by atoms with Crippen LogP contribution in [0, 0.1) is 0 Å². The molecular formula is C18H19N5O. The normalized spacial score (nSPS) is 14.2. The first kappa shape index (κ1) is 14.7. The van der Waals surface area contributed by atoms with Gasteiger partial charge in [0.1, 0.15) is 5.82 Å². The second-order valence-electron chi connectivity index (χ2n) is 6.03. The predicted octanol–water partition coefficient (Wildman–Crippen LogP) is 2.49. The second kappa shape index (κ2) is 6.31. The highest BCUT2D eigenvalue weighted by molar-refractivity contribution is 5.97. The summed E-state index contributed by atoms with van der Waals surface area (Å²) in [4.78, 5) is 26.3. The molecule has 24 heavy (non-hydrogen) atoms. The Bertz CT molecular complexity index is 866. The van der Waals surface area contributed by atoms with E-state index in [1.165, 1.54) is 12.8 Å². The van der Waals surface area contributed by atoms with Crippen molar-refractivity contribution in [2.75, 3.05) is 18.0 Å². The zero-order chi connectivity index (χ0) is 16.4. The Hall–Kier alpha value is -2.89. The van der Waals surface area contributed by atoms with Crippen LogP contribution in [0.3, 0.4) is 0 Å². The molecule has 3 aromatic rings. The highest BCUT2D eigenvalue weighted by Crippen LogP contribution is 2.18. The van der Waals surface area contributed by atoms with Gasteiger partial charge in [0.25, 0.3) is 5.91 Å². The number of H-pyrrole nitrogens is 1. The van der Waals surface area contributed by atoms with E-state index in [1.807, 2.05) is 24.4 Å². The molecule has 0 radical (unpaired) electrons. The largest absolute Gasteiger partial charge is 0.357 e. The standard InChI is InChI=1S/C18H19N5O/c24-18(14-3-4-15-16(10-14)22-12-21-15)20-11-13-5-6-19-17(9-13)23-7-1-2-8-23/h3-6,9-10,12H,1-2,7-8,11H2,(H,20,24)(H,21,22). The first-order chi connectivity index (χ1) is 11.8. The van der Waals surface area contributed by atoms with E-state index in [9.17, 15) is 4.79 Å². The number of carbonyl (C=O) groups excluding carboxylic acids is 1. The SMILES string of the molecule is O=C(NCc1ccnc(N2CCCC2)c1)c1ccc2nc[nH]c2c1. The van der Waals surface area contributed by atoms with E-state index in [-0.39, 0.29) is 5.91 Å². The Labute approximate surface area is 139 Å². The molecule has 1 aliphatic heterocycles. The van der Waals surface area contributed by atoms with Crippen LogP contribution >= 0.6 is 0 Å². The lowest BCUT2D eigenvalue weighted by Crippen LogP contribution is -2.23. The monoisotopic (exact) mass is 321 g/mol. The lowest BCUT2D eigenvalue weighted by Gasteiger charge is -2.17. The van der Waals surface area contributed by atoms with Gasteiger partial charge in [-0.1, -0.05) is 0 Å². The molecule has 1 fully saturated rings. The van der Waals surface area contributed by atoms with Crippen LogP contribution in [-0.4, -0.2) is 33.9 Å². The van der Waals surface area contributed by atoms with Crippen LogP contribution in [0.5, 0.6) is 0 Å². The third-order valence-corrected chi connectivity index (χ3v) is 4.38. The van der Waals surface area contributed by atoms with Crippen molar-refractivity contribution >= 4 is 22.8 Å². The summed E-state index contributed by atoms with van der Waals surface area (Å²) in [5, 5.41) is 2.97. The summed E-state index contributed by atoms with van der Waals surface area (Å²) in [5.74, 6) is 0.907. The van der Waals surface area contributed by atoms with Gasteiger partial charge >= 0.3 is 0 Å². The predicted molar refractivity (Wildman–Crippen MR) is 92.9 cm³/mol. The molecular weight excluding hydrogens is 302 g/mol. The number of aromatic amines is 1. The van der Waals surface area contributed by atoms with Crippen LogP contribution < -0.4 is 10.2 Å². The second-order valence-corrected chi connectivity index (χ2v) is 6.03. The third-order valence-electron chi connectivity index (χ3n) is 4.38. The number of fused-ring (bicyclic) bond motifs is 1. The molecule has 1 aliphatic rings. The van der Waals surface area contributed by atoms with E-state index in [2.05, 4.69) is 31.2 Å². The minimum atomic E-state index is -0.0916. The number of nitrogens with one attached hydrogen (secondary N) is 2. The molecule has 2 aromatic heterocycles. The number of hydrogen-bond donors (Lipinski definition) is 2. The first-order valence-electron chi connectivity index (χ1n) is 8.21. The highest BCUT2D eigenvalue weighted by Gasteiger charge is 2.14.